The molecule has 8 heteroatoms. The summed E-state index contributed by atoms with van der Waals surface area (Å²) in [7, 11) is 0. The molecule has 0 aliphatic heterocycles. The molecule has 0 spiro atoms. The summed E-state index contributed by atoms with van der Waals surface area (Å²) >= 11 is 1.22. The number of aliphatic hydroxyl groups is 1. The summed E-state index contributed by atoms with van der Waals surface area (Å²) in [5.74, 6) is 0.128. The Bertz CT molecular complexity index is 344. The normalized spacial score (nSPS) is 12.4. The summed E-state index contributed by atoms with van der Waals surface area (Å²) in [5, 5.41) is 16.2. The second-order valence-corrected chi connectivity index (χ2v) is 3.96. The molecule has 0 saturated heterocycles. The molecule has 0 aromatic carbocycles. The Labute approximate surface area is 96.8 Å². The lowest BCUT2D eigenvalue weighted by Gasteiger charge is -2.07. The summed E-state index contributed by atoms with van der Waals surface area (Å²) in [6, 6.07) is 0. The van der Waals surface area contributed by atoms with Crippen molar-refractivity contribution < 1.29 is 14.6 Å². The van der Waals surface area contributed by atoms with Gasteiger partial charge in [-0.3, -0.25) is 4.79 Å². The van der Waals surface area contributed by atoms with Gasteiger partial charge in [-0.2, -0.15) is 4.98 Å². The van der Waals surface area contributed by atoms with Gasteiger partial charge in [-0.15, -0.1) is 5.10 Å². The number of nitrogens with two attached hydrogens (primary N) is 1. The van der Waals surface area contributed by atoms with Crippen LogP contribution in [0.2, 0.25) is 0 Å². The van der Waals surface area contributed by atoms with Crippen molar-refractivity contribution in [1.29, 1.82) is 0 Å². The highest BCUT2D eigenvalue weighted by Crippen LogP contribution is 2.15. The maximum Gasteiger partial charge on any atom is 0.308 e. The Kier molecular flexibility index (Phi) is 5.06. The van der Waals surface area contributed by atoms with Gasteiger partial charge in [0.05, 0.1) is 19.1 Å². The first kappa shape index (κ1) is 12.8. The zero-order valence-corrected chi connectivity index (χ0v) is 9.66. The lowest BCUT2D eigenvalue weighted by molar-refractivity contribution is -0.144. The SMILES string of the molecule is CCOC(=O)CC(O)CSc1n[nH]c(N)n1. The number of thioether (sulfide) groups is 1. The molecule has 1 heterocycles. The summed E-state index contributed by atoms with van der Waals surface area (Å²) < 4.78 is 4.70. The minimum Gasteiger partial charge on any atom is -0.466 e. The molecule has 16 heavy (non-hydrogen) atoms. The van der Waals surface area contributed by atoms with E-state index in [1.54, 1.807) is 6.92 Å². The number of esters is 1. The van der Waals surface area contributed by atoms with Gasteiger partial charge < -0.3 is 15.6 Å². The van der Waals surface area contributed by atoms with Crippen LogP contribution in [0.3, 0.4) is 0 Å². The number of nitrogens with one attached hydrogen (secondary N) is 1. The molecule has 1 aromatic rings. The molecule has 1 atom stereocenters. The number of nitrogens with zero attached hydrogens (tertiary/aromatic N) is 2. The molecule has 4 N–H and O–H groups in total. The number of aromatic nitrogens is 3. The number of anilines is 1. The Morgan fingerprint density at radius 2 is 2.50 bits per heavy atom. The maximum absolute atomic E-state index is 11.0. The third-order valence-corrected chi connectivity index (χ3v) is 2.59. The van der Waals surface area contributed by atoms with Crippen molar-refractivity contribution in [2.24, 2.45) is 0 Å². The van der Waals surface area contributed by atoms with Crippen LogP contribution < -0.4 is 5.73 Å². The molecule has 0 fully saturated rings. The Hall–Kier alpha value is -1.28. The Morgan fingerprint density at radius 1 is 1.75 bits per heavy atom. The Balaban J connectivity index is 2.24. The number of hydrogen-bond donors (Lipinski definition) is 3. The van der Waals surface area contributed by atoms with Gasteiger partial charge in [0.25, 0.3) is 0 Å². The lowest BCUT2D eigenvalue weighted by Crippen LogP contribution is -2.17. The van der Waals surface area contributed by atoms with Gasteiger partial charge in [0.2, 0.25) is 11.1 Å². The van der Waals surface area contributed by atoms with Crippen LogP contribution in [0.5, 0.6) is 0 Å². The number of aliphatic hydroxyl groups excluding tert-OH is 1. The van der Waals surface area contributed by atoms with E-state index in [-0.39, 0.29) is 12.4 Å². The number of nitrogen functional groups attached to an aromatic ring is 1. The molecule has 0 aliphatic rings. The van der Waals surface area contributed by atoms with E-state index in [0.717, 1.165) is 0 Å². The van der Waals surface area contributed by atoms with Crippen LogP contribution in [0.4, 0.5) is 5.95 Å². The molecule has 7 nitrogen and oxygen atoms in total. The minimum atomic E-state index is -0.774. The molecule has 90 valence electrons. The molecule has 1 rings (SSSR count). The van der Waals surface area contributed by atoms with Gasteiger partial charge in [-0.05, 0) is 6.92 Å². The average molecular weight is 246 g/mol. The first-order chi connectivity index (χ1) is 7.61. The van der Waals surface area contributed by atoms with Crippen LogP contribution in [-0.2, 0) is 9.53 Å². The second kappa shape index (κ2) is 6.33. The van der Waals surface area contributed by atoms with Gasteiger partial charge in [-0.1, -0.05) is 11.8 Å². The van der Waals surface area contributed by atoms with Crippen LogP contribution in [0.25, 0.3) is 0 Å². The molecule has 0 radical (unpaired) electrons. The van der Waals surface area contributed by atoms with E-state index in [0.29, 0.717) is 17.5 Å². The largest absolute Gasteiger partial charge is 0.466 e. The quantitative estimate of drug-likeness (QED) is 0.470. The van der Waals surface area contributed by atoms with E-state index in [4.69, 9.17) is 10.5 Å². The van der Waals surface area contributed by atoms with Crippen molar-refractivity contribution in [1.82, 2.24) is 15.2 Å². The first-order valence-electron chi connectivity index (χ1n) is 4.76. The molecule has 1 aromatic heterocycles. The predicted octanol–water partition coefficient (Wildman–Crippen LogP) is -0.207. The monoisotopic (exact) mass is 246 g/mol. The van der Waals surface area contributed by atoms with Crippen molar-refractivity contribution >= 4 is 23.7 Å². The fourth-order valence-electron chi connectivity index (χ4n) is 0.965. The third-order valence-electron chi connectivity index (χ3n) is 1.59. The third kappa shape index (κ3) is 4.49. The highest BCUT2D eigenvalue weighted by atomic mass is 32.2. The predicted molar refractivity (Wildman–Crippen MR) is 58.8 cm³/mol. The van der Waals surface area contributed by atoms with Gasteiger partial charge in [0, 0.05) is 5.75 Å². The van der Waals surface area contributed by atoms with E-state index in [1.165, 1.54) is 11.8 Å². The molecule has 0 amide bonds. The number of aromatic amines is 1. The van der Waals surface area contributed by atoms with Crippen molar-refractivity contribution in [3.63, 3.8) is 0 Å². The number of H-pyrrole nitrogens is 1. The Morgan fingerprint density at radius 3 is 3.06 bits per heavy atom. The number of hydrogen-bond acceptors (Lipinski definition) is 7. The summed E-state index contributed by atoms with van der Waals surface area (Å²) in [6.45, 7) is 2.03. The molecule has 0 saturated carbocycles. The zero-order valence-electron chi connectivity index (χ0n) is 8.84. The molecular weight excluding hydrogens is 232 g/mol. The molecule has 1 unspecified atom stereocenters. The average Bonchev–Trinajstić information content (AvgIpc) is 2.61. The highest BCUT2D eigenvalue weighted by Gasteiger charge is 2.13. The minimum absolute atomic E-state index is 0.0270. The first-order valence-corrected chi connectivity index (χ1v) is 5.74. The van der Waals surface area contributed by atoms with Crippen LogP contribution >= 0.6 is 11.8 Å². The van der Waals surface area contributed by atoms with Crippen LogP contribution in [0.1, 0.15) is 13.3 Å². The number of carbonyl (C=O) groups is 1. The maximum atomic E-state index is 11.0. The van der Waals surface area contributed by atoms with Crippen LogP contribution in [-0.4, -0.2) is 44.7 Å². The van der Waals surface area contributed by atoms with Gasteiger partial charge in [0.15, 0.2) is 0 Å². The topological polar surface area (TPSA) is 114 Å². The zero-order chi connectivity index (χ0) is 12.0. The highest BCUT2D eigenvalue weighted by molar-refractivity contribution is 7.99. The summed E-state index contributed by atoms with van der Waals surface area (Å²) in [4.78, 5) is 14.9. The van der Waals surface area contributed by atoms with E-state index in [1.807, 2.05) is 0 Å². The van der Waals surface area contributed by atoms with Crippen molar-refractivity contribution in [2.45, 2.75) is 24.6 Å². The number of ether oxygens (including phenoxy) is 1. The summed E-state index contributed by atoms with van der Waals surface area (Å²) in [5.41, 5.74) is 5.33. The van der Waals surface area contributed by atoms with E-state index in [2.05, 4.69) is 15.2 Å². The van der Waals surface area contributed by atoms with Crippen molar-refractivity contribution in [3.8, 4) is 0 Å². The van der Waals surface area contributed by atoms with Crippen LogP contribution in [0, 0.1) is 0 Å². The number of carbonyl (C=O) groups excluding carboxylic acids is 1. The molecule has 0 bridgehead atoms. The molecule has 0 aliphatic carbocycles. The van der Waals surface area contributed by atoms with E-state index >= 15 is 0 Å². The second-order valence-electron chi connectivity index (χ2n) is 2.98. The van der Waals surface area contributed by atoms with E-state index < -0.39 is 12.1 Å². The van der Waals surface area contributed by atoms with Gasteiger partial charge >= 0.3 is 5.97 Å². The molecular formula is C8H14N4O3S. The van der Waals surface area contributed by atoms with Crippen LogP contribution in [0.15, 0.2) is 5.16 Å². The fourth-order valence-corrected chi connectivity index (χ4v) is 1.70. The summed E-state index contributed by atoms with van der Waals surface area (Å²) in [6.07, 6.45) is -0.801. The van der Waals surface area contributed by atoms with Gasteiger partial charge in [-0.25, -0.2) is 5.10 Å². The smallest absolute Gasteiger partial charge is 0.308 e. The lowest BCUT2D eigenvalue weighted by atomic mass is 10.3. The standard InChI is InChI=1S/C8H14N4O3S/c1-2-15-6(14)3-5(13)4-16-8-10-7(9)11-12-8/h5,13H,2-4H2,1H3,(H3,9,10,11,12). The van der Waals surface area contributed by atoms with Crippen molar-refractivity contribution in [2.75, 3.05) is 18.1 Å². The fraction of sp³-hybridized carbons (Fsp3) is 0.625. The van der Waals surface area contributed by atoms with E-state index in [9.17, 15) is 9.90 Å². The van der Waals surface area contributed by atoms with Crippen molar-refractivity contribution in [3.05, 3.63) is 0 Å². The number of rotatable bonds is 6. The van der Waals surface area contributed by atoms with Gasteiger partial charge in [0.1, 0.15) is 0 Å².